The number of hydrogen-bond acceptors (Lipinski definition) is 7. The van der Waals surface area contributed by atoms with Crippen LogP contribution in [0.5, 0.6) is 17.2 Å². The third-order valence-electron chi connectivity index (χ3n) is 6.58. The molecule has 11 heteroatoms. The van der Waals surface area contributed by atoms with Gasteiger partial charge in [0.05, 0.1) is 16.3 Å². The number of anilines is 1. The van der Waals surface area contributed by atoms with Crippen LogP contribution < -0.4 is 19.7 Å². The van der Waals surface area contributed by atoms with Crippen LogP contribution in [0.1, 0.15) is 25.2 Å². The maximum absolute atomic E-state index is 11.8. The van der Waals surface area contributed by atoms with Crippen LogP contribution in [-0.4, -0.2) is 39.5 Å². The molecule has 1 aliphatic rings. The number of hydrogen-bond donors (Lipinski definition) is 1. The van der Waals surface area contributed by atoms with Crippen molar-refractivity contribution in [3.05, 3.63) is 78.1 Å². The fourth-order valence-electron chi connectivity index (χ4n) is 4.58. The van der Waals surface area contributed by atoms with E-state index in [1.807, 2.05) is 66.2 Å². The molecule has 2 amide bonds. The van der Waals surface area contributed by atoms with Crippen molar-refractivity contribution in [2.75, 3.05) is 18.5 Å². The summed E-state index contributed by atoms with van der Waals surface area (Å²) in [6.45, 7) is 5.73. The van der Waals surface area contributed by atoms with Crippen LogP contribution in [-0.2, 0) is 24.9 Å². The van der Waals surface area contributed by atoms with Gasteiger partial charge < -0.3 is 18.9 Å². The minimum atomic E-state index is -0.381. The van der Waals surface area contributed by atoms with Gasteiger partial charge in [0.25, 0.3) is 5.24 Å². The van der Waals surface area contributed by atoms with Crippen molar-refractivity contribution in [2.45, 2.75) is 32.1 Å². The molecular weight excluding hydrogens is 583 g/mol. The van der Waals surface area contributed by atoms with Crippen LogP contribution in [0.15, 0.2) is 66.7 Å². The topological polar surface area (TPSA) is 85.7 Å². The number of imidazole rings is 1. The lowest BCUT2D eigenvalue weighted by Gasteiger charge is -2.21. The third-order valence-corrected chi connectivity index (χ3v) is 7.56. The SMILES string of the molecule is CC(C)CN(C)c1ccc(Oc2ccc3nc(COc4ccc(CC5SC(=O)NC5=O)cc4)n(C)c3c2)cc1.Cl.Cl. The minimum Gasteiger partial charge on any atom is -0.486 e. The van der Waals surface area contributed by atoms with Crippen molar-refractivity contribution < 1.29 is 19.1 Å². The van der Waals surface area contributed by atoms with Crippen molar-refractivity contribution in [2.24, 2.45) is 13.0 Å². The van der Waals surface area contributed by atoms with Gasteiger partial charge in [0, 0.05) is 32.4 Å². The van der Waals surface area contributed by atoms with Crippen LogP contribution in [0.25, 0.3) is 11.0 Å². The summed E-state index contributed by atoms with van der Waals surface area (Å²) in [5, 5.41) is 1.65. The first-order valence-electron chi connectivity index (χ1n) is 12.9. The zero-order valence-corrected chi connectivity index (χ0v) is 25.8. The van der Waals surface area contributed by atoms with E-state index in [0.717, 1.165) is 57.9 Å². The Labute approximate surface area is 256 Å². The molecule has 0 spiro atoms. The quantitative estimate of drug-likeness (QED) is 0.210. The van der Waals surface area contributed by atoms with E-state index in [2.05, 4.69) is 43.2 Å². The monoisotopic (exact) mass is 616 g/mol. The van der Waals surface area contributed by atoms with E-state index in [1.54, 1.807) is 0 Å². The van der Waals surface area contributed by atoms with Crippen LogP contribution >= 0.6 is 36.6 Å². The number of carbonyl (C=O) groups is 2. The highest BCUT2D eigenvalue weighted by molar-refractivity contribution is 8.15. The molecule has 1 fully saturated rings. The molecule has 2 heterocycles. The smallest absolute Gasteiger partial charge is 0.286 e. The summed E-state index contributed by atoms with van der Waals surface area (Å²) in [5.41, 5.74) is 3.95. The number of amides is 2. The van der Waals surface area contributed by atoms with Gasteiger partial charge in [-0.05, 0) is 66.4 Å². The van der Waals surface area contributed by atoms with Gasteiger partial charge >= 0.3 is 0 Å². The number of aryl methyl sites for hydroxylation is 1. The van der Waals surface area contributed by atoms with Gasteiger partial charge in [0.15, 0.2) is 0 Å². The second-order valence-corrected chi connectivity index (χ2v) is 11.3. The van der Waals surface area contributed by atoms with E-state index >= 15 is 0 Å². The Bertz CT molecular complexity index is 1490. The molecule has 0 saturated carbocycles. The number of thioether (sulfide) groups is 1. The lowest BCUT2D eigenvalue weighted by Crippen LogP contribution is -2.25. The fraction of sp³-hybridized carbons (Fsp3) is 0.300. The Morgan fingerprint density at radius 1 is 0.976 bits per heavy atom. The second kappa shape index (κ2) is 14.0. The Hall–Kier alpha value is -3.40. The number of benzene rings is 3. The highest BCUT2D eigenvalue weighted by Crippen LogP contribution is 2.28. The van der Waals surface area contributed by atoms with Gasteiger partial charge in [-0.1, -0.05) is 37.7 Å². The molecule has 1 unspecified atom stereocenters. The highest BCUT2D eigenvalue weighted by atomic mass is 35.5. The number of carbonyl (C=O) groups excluding carboxylic acids is 2. The highest BCUT2D eigenvalue weighted by Gasteiger charge is 2.31. The Morgan fingerprint density at radius 2 is 1.63 bits per heavy atom. The van der Waals surface area contributed by atoms with E-state index in [1.165, 1.54) is 0 Å². The molecule has 1 saturated heterocycles. The molecule has 1 aromatic heterocycles. The van der Waals surface area contributed by atoms with Crippen molar-refractivity contribution in [3.63, 3.8) is 0 Å². The van der Waals surface area contributed by atoms with Crippen molar-refractivity contribution in [1.29, 1.82) is 0 Å². The van der Waals surface area contributed by atoms with E-state index in [-0.39, 0.29) is 41.2 Å². The van der Waals surface area contributed by atoms with Gasteiger partial charge in [-0.25, -0.2) is 4.98 Å². The van der Waals surface area contributed by atoms with Crippen LogP contribution in [0, 0.1) is 5.92 Å². The standard InChI is InChI=1S/C30H32N4O4S.2ClH/c1-19(2)17-33(3)21-7-11-23(12-8-21)38-24-13-14-25-26(16-24)34(4)28(31-25)18-37-22-9-5-20(6-10-22)15-27-29(35)32-30(36)39-27;;/h5-14,16,19,27H,15,17-18H2,1-4H3,(H,32,35,36);2*1H. The van der Waals surface area contributed by atoms with Gasteiger partial charge in [-0.15, -0.1) is 24.8 Å². The van der Waals surface area contributed by atoms with Crippen molar-refractivity contribution in [1.82, 2.24) is 14.9 Å². The van der Waals surface area contributed by atoms with Crippen LogP contribution in [0.3, 0.4) is 0 Å². The van der Waals surface area contributed by atoms with E-state index in [4.69, 9.17) is 14.5 Å². The largest absolute Gasteiger partial charge is 0.486 e. The van der Waals surface area contributed by atoms with Gasteiger partial charge in [0.2, 0.25) is 5.91 Å². The van der Waals surface area contributed by atoms with Gasteiger partial charge in [-0.3, -0.25) is 14.9 Å². The lowest BCUT2D eigenvalue weighted by atomic mass is 10.1. The Balaban J connectivity index is 0.00000231. The molecule has 0 radical (unpaired) electrons. The van der Waals surface area contributed by atoms with Crippen LogP contribution in [0.2, 0.25) is 0 Å². The molecule has 41 heavy (non-hydrogen) atoms. The van der Waals surface area contributed by atoms with Gasteiger partial charge in [-0.2, -0.15) is 0 Å². The summed E-state index contributed by atoms with van der Waals surface area (Å²) in [4.78, 5) is 30.1. The van der Waals surface area contributed by atoms with Gasteiger partial charge in [0.1, 0.15) is 29.7 Å². The normalized spacial score (nSPS) is 14.4. The predicted molar refractivity (Wildman–Crippen MR) is 169 cm³/mol. The first kappa shape index (κ1) is 32.1. The summed E-state index contributed by atoms with van der Waals surface area (Å²) >= 11 is 1.04. The molecule has 1 atom stereocenters. The van der Waals surface area contributed by atoms with E-state index in [9.17, 15) is 9.59 Å². The number of halogens is 2. The average molecular weight is 618 g/mol. The maximum atomic E-state index is 11.8. The first-order valence-corrected chi connectivity index (χ1v) is 13.8. The number of aromatic nitrogens is 2. The molecule has 4 aromatic rings. The molecule has 218 valence electrons. The number of nitrogens with one attached hydrogen (secondary N) is 1. The maximum Gasteiger partial charge on any atom is 0.286 e. The lowest BCUT2D eigenvalue weighted by molar-refractivity contribution is -0.118. The molecule has 0 aliphatic carbocycles. The molecule has 5 rings (SSSR count). The molecular formula is C30H34Cl2N4O4S. The molecule has 1 N–H and O–H groups in total. The molecule has 8 nitrogen and oxygen atoms in total. The minimum absolute atomic E-state index is 0. The first-order chi connectivity index (χ1) is 18.7. The summed E-state index contributed by atoms with van der Waals surface area (Å²) < 4.78 is 14.1. The summed E-state index contributed by atoms with van der Waals surface area (Å²) in [5.74, 6) is 3.39. The Morgan fingerprint density at radius 3 is 2.27 bits per heavy atom. The van der Waals surface area contributed by atoms with Crippen molar-refractivity contribution >= 4 is 64.4 Å². The molecule has 1 aliphatic heterocycles. The van der Waals surface area contributed by atoms with Crippen molar-refractivity contribution in [3.8, 4) is 17.2 Å². The van der Waals surface area contributed by atoms with E-state index < -0.39 is 0 Å². The number of nitrogens with zero attached hydrogens (tertiary/aromatic N) is 3. The fourth-order valence-corrected chi connectivity index (χ4v) is 5.44. The summed E-state index contributed by atoms with van der Waals surface area (Å²) in [7, 11) is 4.07. The second-order valence-electron chi connectivity index (χ2n) is 10.1. The number of ether oxygens (including phenoxy) is 2. The average Bonchev–Trinajstić information content (AvgIpc) is 3.40. The Kier molecular flexibility index (Phi) is 11.0. The zero-order chi connectivity index (χ0) is 27.5. The number of imide groups is 1. The third kappa shape index (κ3) is 7.87. The summed E-state index contributed by atoms with van der Waals surface area (Å²) in [6, 6.07) is 21.6. The molecule has 3 aromatic carbocycles. The predicted octanol–water partition coefficient (Wildman–Crippen LogP) is 6.77. The number of fused-ring (bicyclic) bond motifs is 1. The zero-order valence-electron chi connectivity index (χ0n) is 23.3. The molecule has 0 bridgehead atoms. The number of rotatable bonds is 10. The van der Waals surface area contributed by atoms with Crippen LogP contribution in [0.4, 0.5) is 10.5 Å². The summed E-state index contributed by atoms with van der Waals surface area (Å²) in [6.07, 6.45) is 0.497. The van der Waals surface area contributed by atoms with E-state index in [0.29, 0.717) is 24.7 Å².